The van der Waals surface area contributed by atoms with E-state index in [9.17, 15) is 9.59 Å². The zero-order valence-corrected chi connectivity index (χ0v) is 18.9. The Morgan fingerprint density at radius 3 is 2.56 bits per heavy atom. The molecule has 7 heteroatoms. The van der Waals surface area contributed by atoms with Crippen LogP contribution in [0.1, 0.15) is 44.6 Å². The van der Waals surface area contributed by atoms with Gasteiger partial charge in [-0.1, -0.05) is 12.1 Å². The SMILES string of the molecule is CCOc1ccc(CN2CCO[C@@H](C(=O)NC3C4CC5CC3CC(C(N)=O)(C5)C4)C2)cc1. The minimum absolute atomic E-state index is 0.00741. The molecule has 3 N–H and O–H groups in total. The summed E-state index contributed by atoms with van der Waals surface area (Å²) in [5.74, 6) is 2.05. The van der Waals surface area contributed by atoms with Crippen LogP contribution >= 0.6 is 0 Å². The van der Waals surface area contributed by atoms with E-state index in [1.165, 1.54) is 5.56 Å². The molecule has 1 aromatic carbocycles. The quantitative estimate of drug-likeness (QED) is 0.676. The van der Waals surface area contributed by atoms with Crippen molar-refractivity contribution in [2.75, 3.05) is 26.3 Å². The normalized spacial score (nSPS) is 36.1. The molecule has 1 saturated heterocycles. The fourth-order valence-corrected chi connectivity index (χ4v) is 6.94. The molecule has 1 aromatic rings. The monoisotopic (exact) mass is 441 g/mol. The van der Waals surface area contributed by atoms with Gasteiger partial charge in [-0.3, -0.25) is 14.5 Å². The van der Waals surface area contributed by atoms with E-state index in [4.69, 9.17) is 15.2 Å². The van der Waals surface area contributed by atoms with Crippen molar-refractivity contribution >= 4 is 11.8 Å². The van der Waals surface area contributed by atoms with E-state index in [0.717, 1.165) is 50.9 Å². The lowest BCUT2D eigenvalue weighted by atomic mass is 9.47. The second-order valence-electron chi connectivity index (χ2n) is 10.3. The number of nitrogens with two attached hydrogens (primary N) is 1. The number of benzene rings is 1. The van der Waals surface area contributed by atoms with Gasteiger partial charge in [0.2, 0.25) is 5.91 Å². The predicted octanol–water partition coefficient (Wildman–Crippen LogP) is 2.08. The van der Waals surface area contributed by atoms with Gasteiger partial charge in [0, 0.05) is 31.1 Å². The minimum Gasteiger partial charge on any atom is -0.494 e. The van der Waals surface area contributed by atoms with Crippen molar-refractivity contribution in [2.24, 2.45) is 28.9 Å². The molecule has 7 nitrogen and oxygen atoms in total. The van der Waals surface area contributed by atoms with Gasteiger partial charge >= 0.3 is 0 Å². The first-order valence-electron chi connectivity index (χ1n) is 12.1. The molecule has 5 fully saturated rings. The first kappa shape index (κ1) is 21.7. The Morgan fingerprint density at radius 2 is 1.91 bits per heavy atom. The molecule has 1 aliphatic heterocycles. The highest BCUT2D eigenvalue weighted by atomic mass is 16.5. The van der Waals surface area contributed by atoms with Gasteiger partial charge < -0.3 is 20.5 Å². The molecule has 0 aromatic heterocycles. The summed E-state index contributed by atoms with van der Waals surface area (Å²) >= 11 is 0. The molecule has 1 heterocycles. The van der Waals surface area contributed by atoms with Crippen molar-refractivity contribution in [2.45, 2.75) is 57.7 Å². The molecule has 32 heavy (non-hydrogen) atoms. The Labute approximate surface area is 190 Å². The van der Waals surface area contributed by atoms with E-state index in [0.29, 0.717) is 37.5 Å². The van der Waals surface area contributed by atoms with Gasteiger partial charge in [0.05, 0.1) is 13.2 Å². The smallest absolute Gasteiger partial charge is 0.250 e. The molecule has 174 valence electrons. The standard InChI is InChI=1S/C25H35N3O4/c1-2-31-20-5-3-16(4-6-20)14-28-7-8-32-21(15-28)23(29)27-22-18-9-17-10-19(22)13-25(11-17,12-18)24(26)30/h3-6,17-19,21-22H,2,7-15H2,1H3,(H2,26,30)(H,27,29)/t17?,18?,19?,21-,22?,25?/m1/s1. The molecule has 3 atom stereocenters. The molecule has 2 amide bonds. The van der Waals surface area contributed by atoms with Gasteiger partial charge in [-0.05, 0) is 74.5 Å². The second-order valence-corrected chi connectivity index (χ2v) is 10.3. The van der Waals surface area contributed by atoms with Crippen LogP contribution in [0.25, 0.3) is 0 Å². The number of primary amides is 1. The van der Waals surface area contributed by atoms with Crippen molar-refractivity contribution in [3.8, 4) is 5.75 Å². The van der Waals surface area contributed by atoms with Crippen LogP contribution in [-0.2, 0) is 20.9 Å². The van der Waals surface area contributed by atoms with Crippen LogP contribution in [0.4, 0.5) is 0 Å². The van der Waals surface area contributed by atoms with Crippen LogP contribution in [0.2, 0.25) is 0 Å². The Hall–Kier alpha value is -2.12. The zero-order chi connectivity index (χ0) is 22.3. The van der Waals surface area contributed by atoms with Crippen molar-refractivity contribution in [1.82, 2.24) is 10.2 Å². The molecule has 4 saturated carbocycles. The third-order valence-electron chi connectivity index (χ3n) is 8.19. The third-order valence-corrected chi connectivity index (χ3v) is 8.19. The van der Waals surface area contributed by atoms with Gasteiger partial charge in [-0.25, -0.2) is 0 Å². The van der Waals surface area contributed by atoms with Crippen LogP contribution in [-0.4, -0.2) is 55.2 Å². The number of nitrogens with one attached hydrogen (secondary N) is 1. The van der Waals surface area contributed by atoms with Crippen LogP contribution < -0.4 is 15.8 Å². The van der Waals surface area contributed by atoms with Crippen molar-refractivity contribution < 1.29 is 19.1 Å². The van der Waals surface area contributed by atoms with Gasteiger partial charge in [-0.2, -0.15) is 0 Å². The highest BCUT2D eigenvalue weighted by Crippen LogP contribution is 2.59. The summed E-state index contributed by atoms with van der Waals surface area (Å²) < 4.78 is 11.4. The average molecular weight is 442 g/mol. The highest BCUT2D eigenvalue weighted by Gasteiger charge is 2.58. The largest absolute Gasteiger partial charge is 0.494 e. The maximum Gasteiger partial charge on any atom is 0.250 e. The summed E-state index contributed by atoms with van der Waals surface area (Å²) in [5.41, 5.74) is 6.67. The number of ether oxygens (including phenoxy) is 2. The maximum absolute atomic E-state index is 13.1. The molecular formula is C25H35N3O4. The van der Waals surface area contributed by atoms with Crippen LogP contribution in [0.3, 0.4) is 0 Å². The molecule has 0 spiro atoms. The van der Waals surface area contributed by atoms with E-state index in [2.05, 4.69) is 22.3 Å². The molecule has 4 bridgehead atoms. The first-order valence-corrected chi connectivity index (χ1v) is 12.1. The second kappa shape index (κ2) is 8.67. The molecule has 2 unspecified atom stereocenters. The topological polar surface area (TPSA) is 93.9 Å². The number of carbonyl (C=O) groups is 2. The predicted molar refractivity (Wildman–Crippen MR) is 120 cm³/mol. The van der Waals surface area contributed by atoms with E-state index in [1.807, 2.05) is 19.1 Å². The third kappa shape index (κ3) is 4.13. The highest BCUT2D eigenvalue weighted by molar-refractivity contribution is 5.83. The molecule has 4 aliphatic carbocycles. The lowest BCUT2D eigenvalue weighted by Crippen LogP contribution is -2.63. The molecular weight excluding hydrogens is 406 g/mol. The summed E-state index contributed by atoms with van der Waals surface area (Å²) in [4.78, 5) is 27.6. The molecule has 5 aliphatic rings. The molecule has 6 rings (SSSR count). The minimum atomic E-state index is -0.450. The number of hydrogen-bond acceptors (Lipinski definition) is 5. The van der Waals surface area contributed by atoms with Crippen molar-refractivity contribution in [3.63, 3.8) is 0 Å². The van der Waals surface area contributed by atoms with Gasteiger partial charge in [0.15, 0.2) is 0 Å². The first-order chi connectivity index (χ1) is 15.5. The summed E-state index contributed by atoms with van der Waals surface area (Å²) in [6, 6.07) is 8.30. The average Bonchev–Trinajstić information content (AvgIpc) is 2.77. The fraction of sp³-hybridized carbons (Fsp3) is 0.680. The van der Waals surface area contributed by atoms with Crippen molar-refractivity contribution in [3.05, 3.63) is 29.8 Å². The van der Waals surface area contributed by atoms with E-state index in [1.54, 1.807) is 0 Å². The Kier molecular flexibility index (Phi) is 5.88. The van der Waals surface area contributed by atoms with Crippen LogP contribution in [0.5, 0.6) is 5.75 Å². The van der Waals surface area contributed by atoms with Gasteiger partial charge in [0.1, 0.15) is 11.9 Å². The number of carbonyl (C=O) groups excluding carboxylic acids is 2. The number of nitrogens with zero attached hydrogens (tertiary/aromatic N) is 1. The molecule has 0 radical (unpaired) electrons. The lowest BCUT2D eigenvalue weighted by molar-refractivity contribution is -0.151. The Balaban J connectivity index is 1.18. The summed E-state index contributed by atoms with van der Waals surface area (Å²) in [7, 11) is 0. The number of morpholine rings is 1. The van der Waals surface area contributed by atoms with E-state index < -0.39 is 6.10 Å². The summed E-state index contributed by atoms with van der Waals surface area (Å²) in [6.07, 6.45) is 4.36. The van der Waals surface area contributed by atoms with E-state index >= 15 is 0 Å². The Bertz CT molecular complexity index is 841. The lowest BCUT2D eigenvalue weighted by Gasteiger charge is -2.59. The fourth-order valence-electron chi connectivity index (χ4n) is 6.94. The van der Waals surface area contributed by atoms with E-state index in [-0.39, 0.29) is 23.3 Å². The van der Waals surface area contributed by atoms with Crippen molar-refractivity contribution in [1.29, 1.82) is 0 Å². The maximum atomic E-state index is 13.1. The van der Waals surface area contributed by atoms with Gasteiger partial charge in [-0.15, -0.1) is 0 Å². The number of amides is 2. The Morgan fingerprint density at radius 1 is 1.19 bits per heavy atom. The summed E-state index contributed by atoms with van der Waals surface area (Å²) in [5, 5.41) is 3.33. The number of rotatable bonds is 7. The summed E-state index contributed by atoms with van der Waals surface area (Å²) in [6.45, 7) is 5.39. The van der Waals surface area contributed by atoms with Gasteiger partial charge in [0.25, 0.3) is 5.91 Å². The number of hydrogen-bond donors (Lipinski definition) is 2. The van der Waals surface area contributed by atoms with Crippen LogP contribution in [0, 0.1) is 23.2 Å². The zero-order valence-electron chi connectivity index (χ0n) is 18.9. The van der Waals surface area contributed by atoms with Crippen LogP contribution in [0.15, 0.2) is 24.3 Å².